The molecule has 120 valence electrons. The van der Waals surface area contributed by atoms with Gasteiger partial charge in [0.2, 0.25) is 0 Å². The SMILES string of the molecule is C[Si](C)(C1CCCC1)C1C2CCCCC2C2CCCCC21. The zero-order valence-electron chi connectivity index (χ0n) is 14.4. The van der Waals surface area contributed by atoms with Gasteiger partial charge in [-0.1, -0.05) is 77.3 Å². The second-order valence-corrected chi connectivity index (χ2v) is 14.7. The van der Waals surface area contributed by atoms with Crippen LogP contribution in [-0.2, 0) is 0 Å². The summed E-state index contributed by atoms with van der Waals surface area (Å²) < 4.78 is 0. The fraction of sp³-hybridized carbons (Fsp3) is 1.00. The van der Waals surface area contributed by atoms with Gasteiger partial charge in [0.15, 0.2) is 0 Å². The van der Waals surface area contributed by atoms with E-state index in [0.29, 0.717) is 0 Å². The highest BCUT2D eigenvalue weighted by Crippen LogP contribution is 2.65. The Labute approximate surface area is 133 Å². The van der Waals surface area contributed by atoms with Crippen molar-refractivity contribution in [3.05, 3.63) is 0 Å². The predicted molar refractivity (Wildman–Crippen MR) is 94.3 cm³/mol. The molecule has 4 atom stereocenters. The first-order valence-electron chi connectivity index (χ1n) is 10.2. The second kappa shape index (κ2) is 5.69. The van der Waals surface area contributed by atoms with E-state index in [1.807, 2.05) is 0 Å². The molecule has 0 aromatic carbocycles. The lowest BCUT2D eigenvalue weighted by Gasteiger charge is -2.44. The first kappa shape index (κ1) is 14.8. The van der Waals surface area contributed by atoms with E-state index in [1.54, 1.807) is 77.0 Å². The molecular formula is C20H36Si. The monoisotopic (exact) mass is 304 g/mol. The highest BCUT2D eigenvalue weighted by molar-refractivity contribution is 6.80. The summed E-state index contributed by atoms with van der Waals surface area (Å²) in [6.07, 6.45) is 19.0. The summed E-state index contributed by atoms with van der Waals surface area (Å²) >= 11 is 0. The number of hydrogen-bond donors (Lipinski definition) is 0. The largest absolute Gasteiger partial charge is 0.0689 e. The first-order valence-corrected chi connectivity index (χ1v) is 13.3. The summed E-state index contributed by atoms with van der Waals surface area (Å²) in [5, 5.41) is 0. The van der Waals surface area contributed by atoms with Crippen molar-refractivity contribution in [2.75, 3.05) is 0 Å². The number of hydrogen-bond acceptors (Lipinski definition) is 0. The normalized spacial score (nSPS) is 44.6. The summed E-state index contributed by atoms with van der Waals surface area (Å²) in [7, 11) is -1.05. The van der Waals surface area contributed by atoms with Gasteiger partial charge in [0.05, 0.1) is 8.07 Å². The lowest BCUT2D eigenvalue weighted by atomic mass is 9.73. The van der Waals surface area contributed by atoms with Crippen LogP contribution in [0.15, 0.2) is 0 Å². The molecule has 0 heterocycles. The highest BCUT2D eigenvalue weighted by Gasteiger charge is 2.57. The molecule has 0 aromatic heterocycles. The molecule has 0 N–H and O–H groups in total. The van der Waals surface area contributed by atoms with Crippen LogP contribution in [0.25, 0.3) is 0 Å². The lowest BCUT2D eigenvalue weighted by molar-refractivity contribution is 0.184. The summed E-state index contributed by atoms with van der Waals surface area (Å²) in [5.41, 5.74) is 2.40. The molecule has 0 amide bonds. The summed E-state index contributed by atoms with van der Waals surface area (Å²) in [6, 6.07) is 0. The van der Waals surface area contributed by atoms with E-state index >= 15 is 0 Å². The van der Waals surface area contributed by atoms with E-state index in [-0.39, 0.29) is 0 Å². The third-order valence-electron chi connectivity index (χ3n) is 8.49. The van der Waals surface area contributed by atoms with Crippen molar-refractivity contribution < 1.29 is 0 Å². The molecule has 4 unspecified atom stereocenters. The van der Waals surface area contributed by atoms with Crippen molar-refractivity contribution in [1.82, 2.24) is 0 Å². The number of rotatable bonds is 2. The van der Waals surface area contributed by atoms with Gasteiger partial charge in [-0.2, -0.15) is 0 Å². The minimum absolute atomic E-state index is 1.05. The second-order valence-electron chi connectivity index (χ2n) is 9.55. The van der Waals surface area contributed by atoms with Crippen molar-refractivity contribution in [2.45, 2.75) is 101 Å². The predicted octanol–water partition coefficient (Wildman–Crippen LogP) is 6.64. The van der Waals surface area contributed by atoms with Crippen molar-refractivity contribution in [1.29, 1.82) is 0 Å². The van der Waals surface area contributed by atoms with Gasteiger partial charge in [0.1, 0.15) is 0 Å². The van der Waals surface area contributed by atoms with Gasteiger partial charge in [-0.25, -0.2) is 0 Å². The van der Waals surface area contributed by atoms with Crippen LogP contribution in [0.4, 0.5) is 0 Å². The molecular weight excluding hydrogens is 268 g/mol. The average Bonchev–Trinajstić information content (AvgIpc) is 3.14. The third kappa shape index (κ3) is 2.37. The smallest absolute Gasteiger partial charge is 0.0541 e. The van der Waals surface area contributed by atoms with Gasteiger partial charge < -0.3 is 0 Å². The molecule has 4 saturated carbocycles. The highest BCUT2D eigenvalue weighted by atomic mass is 28.3. The Balaban J connectivity index is 1.64. The Bertz CT molecular complexity index is 346. The van der Waals surface area contributed by atoms with Crippen LogP contribution < -0.4 is 0 Å². The zero-order chi connectivity index (χ0) is 14.4. The van der Waals surface area contributed by atoms with Crippen LogP contribution in [0.2, 0.25) is 24.2 Å². The molecule has 21 heavy (non-hydrogen) atoms. The van der Waals surface area contributed by atoms with E-state index in [2.05, 4.69) is 13.1 Å². The van der Waals surface area contributed by atoms with Gasteiger partial charge >= 0.3 is 0 Å². The topological polar surface area (TPSA) is 0 Å². The van der Waals surface area contributed by atoms with Crippen LogP contribution >= 0.6 is 0 Å². The molecule has 0 radical (unpaired) electrons. The van der Waals surface area contributed by atoms with E-state index < -0.39 is 8.07 Å². The molecule has 0 spiro atoms. The fourth-order valence-corrected chi connectivity index (χ4v) is 13.2. The lowest BCUT2D eigenvalue weighted by Crippen LogP contribution is -2.43. The van der Waals surface area contributed by atoms with Crippen LogP contribution in [0.5, 0.6) is 0 Å². The van der Waals surface area contributed by atoms with Crippen LogP contribution in [-0.4, -0.2) is 8.07 Å². The Kier molecular flexibility index (Phi) is 4.01. The van der Waals surface area contributed by atoms with Crippen molar-refractivity contribution in [2.24, 2.45) is 23.7 Å². The van der Waals surface area contributed by atoms with Gasteiger partial charge in [-0.15, -0.1) is 0 Å². The maximum atomic E-state index is 2.83. The average molecular weight is 305 g/mol. The van der Waals surface area contributed by atoms with Crippen LogP contribution in [0.1, 0.15) is 77.0 Å². The van der Waals surface area contributed by atoms with Crippen molar-refractivity contribution in [3.63, 3.8) is 0 Å². The molecule has 0 nitrogen and oxygen atoms in total. The fourth-order valence-electron chi connectivity index (χ4n) is 7.69. The molecule has 0 saturated heterocycles. The molecule has 0 aromatic rings. The Morgan fingerprint density at radius 2 is 0.905 bits per heavy atom. The van der Waals surface area contributed by atoms with E-state index in [0.717, 1.165) is 0 Å². The Hall–Kier alpha value is 0.217. The standard InChI is InChI=1S/C20H36Si/c1-21(2,15-9-3-4-10-15)20-18-13-7-5-11-16(18)17-12-6-8-14-19(17)20/h15-20H,3-14H2,1-2H3. The summed E-state index contributed by atoms with van der Waals surface area (Å²) in [6.45, 7) is 5.66. The molecule has 4 aliphatic carbocycles. The van der Waals surface area contributed by atoms with Crippen molar-refractivity contribution >= 4 is 8.07 Å². The van der Waals surface area contributed by atoms with Gasteiger partial charge in [-0.3, -0.25) is 0 Å². The number of fused-ring (bicyclic) bond motifs is 3. The third-order valence-corrected chi connectivity index (χ3v) is 13.7. The van der Waals surface area contributed by atoms with E-state index in [4.69, 9.17) is 0 Å². The zero-order valence-corrected chi connectivity index (χ0v) is 15.4. The van der Waals surface area contributed by atoms with Gasteiger partial charge in [0.25, 0.3) is 0 Å². The molecule has 4 fully saturated rings. The summed E-state index contributed by atoms with van der Waals surface area (Å²) in [4.78, 5) is 0. The molecule has 1 heteroatoms. The molecule has 0 bridgehead atoms. The summed E-state index contributed by atoms with van der Waals surface area (Å²) in [5.74, 6) is 4.69. The minimum atomic E-state index is -1.05. The maximum absolute atomic E-state index is 2.83. The first-order chi connectivity index (χ1) is 10.2. The van der Waals surface area contributed by atoms with Gasteiger partial charge in [-0.05, 0) is 47.6 Å². The Morgan fingerprint density at radius 3 is 1.38 bits per heavy atom. The van der Waals surface area contributed by atoms with Crippen LogP contribution in [0.3, 0.4) is 0 Å². The molecule has 0 aliphatic heterocycles. The molecule has 4 aliphatic rings. The molecule has 4 rings (SSSR count). The van der Waals surface area contributed by atoms with Gasteiger partial charge in [0, 0.05) is 0 Å². The van der Waals surface area contributed by atoms with E-state index in [9.17, 15) is 0 Å². The van der Waals surface area contributed by atoms with E-state index in [1.165, 1.54) is 34.8 Å². The minimum Gasteiger partial charge on any atom is -0.0689 e. The maximum Gasteiger partial charge on any atom is 0.0541 e. The van der Waals surface area contributed by atoms with Crippen molar-refractivity contribution in [3.8, 4) is 0 Å². The Morgan fingerprint density at radius 1 is 0.524 bits per heavy atom. The quantitative estimate of drug-likeness (QED) is 0.502. The van der Waals surface area contributed by atoms with Crippen LogP contribution in [0, 0.1) is 23.7 Å².